The van der Waals surface area contributed by atoms with Crippen LogP contribution in [0.15, 0.2) is 10.9 Å². The fourth-order valence-corrected chi connectivity index (χ4v) is 0.805. The lowest BCUT2D eigenvalue weighted by atomic mass is 10.8. The number of hydrogen-bond acceptors (Lipinski definition) is 5. The van der Waals surface area contributed by atoms with Gasteiger partial charge in [-0.2, -0.15) is 4.98 Å². The van der Waals surface area contributed by atoms with Crippen molar-refractivity contribution in [3.8, 4) is 0 Å². The topological polar surface area (TPSA) is 88.8 Å². The van der Waals surface area contributed by atoms with Crippen LogP contribution in [0.3, 0.4) is 0 Å². The summed E-state index contributed by atoms with van der Waals surface area (Å²) in [5.41, 5.74) is 5.07. The van der Waals surface area contributed by atoms with Gasteiger partial charge in [0.05, 0.1) is 5.75 Å². The molecule has 1 rings (SSSR count). The van der Waals surface area contributed by atoms with Crippen LogP contribution >= 0.6 is 11.8 Å². The molecule has 0 aliphatic rings. The summed E-state index contributed by atoms with van der Waals surface area (Å²) < 4.78 is 4.65. The van der Waals surface area contributed by atoms with Gasteiger partial charge in [0.15, 0.2) is 11.5 Å². The van der Waals surface area contributed by atoms with Gasteiger partial charge in [-0.25, -0.2) is 0 Å². The number of nitrogens with one attached hydrogen (secondary N) is 1. The van der Waals surface area contributed by atoms with E-state index in [2.05, 4.69) is 14.7 Å². The summed E-state index contributed by atoms with van der Waals surface area (Å²) >= 11 is 1.15. The Morgan fingerprint density at radius 3 is 3.20 bits per heavy atom. The second-order valence-corrected chi connectivity index (χ2v) is 2.51. The average Bonchev–Trinajstić information content (AvgIpc) is 2.34. The van der Waals surface area contributed by atoms with Gasteiger partial charge < -0.3 is 10.3 Å². The zero-order chi connectivity index (χ0) is 7.40. The summed E-state index contributed by atoms with van der Waals surface area (Å²) in [6.45, 7) is 0. The van der Waals surface area contributed by atoms with Crippen molar-refractivity contribution in [3.05, 3.63) is 12.2 Å². The molecule has 0 fully saturated rings. The van der Waals surface area contributed by atoms with Crippen molar-refractivity contribution in [2.45, 2.75) is 5.75 Å². The largest absolute Gasteiger partial charge is 0.379 e. The van der Waals surface area contributed by atoms with Crippen molar-refractivity contribution in [2.24, 2.45) is 5.73 Å². The Labute approximate surface area is 61.5 Å². The van der Waals surface area contributed by atoms with Crippen molar-refractivity contribution >= 4 is 16.9 Å². The quantitative estimate of drug-likeness (QED) is 0.474. The zero-order valence-electron chi connectivity index (χ0n) is 5.07. The normalized spacial score (nSPS) is 9.60. The highest BCUT2D eigenvalue weighted by atomic mass is 32.2. The fraction of sp³-hybridized carbons (Fsp3) is 0.250. The van der Waals surface area contributed by atoms with Gasteiger partial charge in [0.25, 0.3) is 0 Å². The Bertz CT molecular complexity index is 209. The van der Waals surface area contributed by atoms with Gasteiger partial charge in [0.1, 0.15) is 0 Å². The highest BCUT2D eigenvalue weighted by Gasteiger charge is 1.98. The van der Waals surface area contributed by atoms with E-state index in [1.165, 1.54) is 6.33 Å². The minimum atomic E-state index is 0.0539. The lowest BCUT2D eigenvalue weighted by Gasteiger charge is -1.90. The van der Waals surface area contributed by atoms with Crippen molar-refractivity contribution in [3.63, 3.8) is 0 Å². The Morgan fingerprint density at radius 1 is 1.90 bits per heavy atom. The van der Waals surface area contributed by atoms with E-state index in [4.69, 9.17) is 11.1 Å². The van der Waals surface area contributed by atoms with Gasteiger partial charge >= 0.3 is 0 Å². The molecule has 0 spiro atoms. The summed E-state index contributed by atoms with van der Waals surface area (Å²) in [4.78, 5) is 3.74. The molecule has 3 N–H and O–H groups in total. The van der Waals surface area contributed by atoms with Gasteiger partial charge in [-0.15, -0.1) is 0 Å². The molecule has 1 aromatic heterocycles. The molecular formula is C4H6N4OS. The molecule has 0 radical (unpaired) electrons. The second-order valence-electron chi connectivity index (χ2n) is 1.49. The summed E-state index contributed by atoms with van der Waals surface area (Å²) in [6, 6.07) is 0. The second kappa shape index (κ2) is 3.21. The Kier molecular flexibility index (Phi) is 2.27. The van der Waals surface area contributed by atoms with Crippen molar-refractivity contribution in [1.82, 2.24) is 10.1 Å². The number of aromatic nitrogens is 2. The van der Waals surface area contributed by atoms with E-state index < -0.39 is 0 Å². The number of nitrogens with zero attached hydrogens (tertiary/aromatic N) is 2. The molecule has 0 aromatic carbocycles. The van der Waals surface area contributed by atoms with Crippen LogP contribution in [0.25, 0.3) is 0 Å². The third-order valence-corrected chi connectivity index (χ3v) is 1.46. The van der Waals surface area contributed by atoms with Crippen LogP contribution in [0.2, 0.25) is 0 Å². The Balaban J connectivity index is 2.35. The molecule has 0 saturated heterocycles. The van der Waals surface area contributed by atoms with Crippen molar-refractivity contribution in [1.29, 1.82) is 5.41 Å². The first kappa shape index (κ1) is 7.07. The zero-order valence-corrected chi connectivity index (χ0v) is 5.89. The molecule has 1 heterocycles. The summed E-state index contributed by atoms with van der Waals surface area (Å²) in [6.07, 6.45) is 1.32. The minimum absolute atomic E-state index is 0.0539. The third kappa shape index (κ3) is 2.06. The molecule has 0 unspecified atom stereocenters. The first-order chi connectivity index (χ1) is 4.79. The van der Waals surface area contributed by atoms with Crippen LogP contribution in [0.5, 0.6) is 0 Å². The van der Waals surface area contributed by atoms with E-state index in [0.717, 1.165) is 11.8 Å². The summed E-state index contributed by atoms with van der Waals surface area (Å²) in [5.74, 6) is 0.954. The monoisotopic (exact) mass is 158 g/mol. The lowest BCUT2D eigenvalue weighted by Crippen LogP contribution is -2.03. The molecule has 0 aliphatic carbocycles. The molecular weight excluding hydrogens is 152 g/mol. The van der Waals surface area contributed by atoms with Crippen LogP contribution in [0.1, 0.15) is 5.89 Å². The molecule has 0 atom stereocenters. The molecule has 0 aliphatic heterocycles. The molecule has 0 bridgehead atoms. The van der Waals surface area contributed by atoms with E-state index >= 15 is 0 Å². The third-order valence-electron chi connectivity index (χ3n) is 0.758. The molecule has 10 heavy (non-hydrogen) atoms. The van der Waals surface area contributed by atoms with Crippen LogP contribution in [0, 0.1) is 5.41 Å². The summed E-state index contributed by atoms with van der Waals surface area (Å²) in [7, 11) is 0. The van der Waals surface area contributed by atoms with E-state index in [0.29, 0.717) is 11.6 Å². The van der Waals surface area contributed by atoms with E-state index in [-0.39, 0.29) is 5.17 Å². The Hall–Kier alpha value is -1.04. The van der Waals surface area contributed by atoms with Crippen molar-refractivity contribution < 1.29 is 4.52 Å². The van der Waals surface area contributed by atoms with Crippen molar-refractivity contribution in [2.75, 3.05) is 0 Å². The lowest BCUT2D eigenvalue weighted by molar-refractivity contribution is 0.390. The molecule has 6 heteroatoms. The highest BCUT2D eigenvalue weighted by Crippen LogP contribution is 2.06. The van der Waals surface area contributed by atoms with Gasteiger partial charge in [0.2, 0.25) is 5.89 Å². The van der Waals surface area contributed by atoms with Crippen LogP contribution < -0.4 is 5.73 Å². The average molecular weight is 158 g/mol. The maximum atomic E-state index is 6.85. The molecule has 5 nitrogen and oxygen atoms in total. The number of thioether (sulfide) groups is 1. The predicted molar refractivity (Wildman–Crippen MR) is 37.5 cm³/mol. The number of hydrogen-bond donors (Lipinski definition) is 2. The number of nitrogens with two attached hydrogens (primary N) is 1. The highest BCUT2D eigenvalue weighted by molar-refractivity contribution is 8.12. The van der Waals surface area contributed by atoms with Gasteiger partial charge in [-0.05, 0) is 0 Å². The fourth-order valence-electron chi connectivity index (χ4n) is 0.399. The van der Waals surface area contributed by atoms with Crippen LogP contribution in [-0.4, -0.2) is 15.3 Å². The van der Waals surface area contributed by atoms with Gasteiger partial charge in [0, 0.05) is 0 Å². The standard InChI is InChI=1S/C4H6N4OS/c5-4(6)10-1-3-7-2-8-9-3/h2H,1H2,(H3,5,6). The summed E-state index contributed by atoms with van der Waals surface area (Å²) in [5, 5.41) is 10.3. The number of amidine groups is 1. The van der Waals surface area contributed by atoms with E-state index in [9.17, 15) is 0 Å². The molecule has 1 aromatic rings. The van der Waals surface area contributed by atoms with E-state index in [1.807, 2.05) is 0 Å². The SMILES string of the molecule is N=C(N)SCc1ncno1. The van der Waals surface area contributed by atoms with E-state index in [1.54, 1.807) is 0 Å². The maximum absolute atomic E-state index is 6.85. The molecule has 0 saturated carbocycles. The predicted octanol–water partition coefficient (Wildman–Crippen LogP) is 0.196. The van der Waals surface area contributed by atoms with Crippen LogP contribution in [-0.2, 0) is 5.75 Å². The molecule has 0 amide bonds. The van der Waals surface area contributed by atoms with Gasteiger partial charge in [-0.3, -0.25) is 5.41 Å². The first-order valence-corrected chi connectivity index (χ1v) is 3.50. The number of rotatable bonds is 2. The maximum Gasteiger partial charge on any atom is 0.236 e. The smallest absolute Gasteiger partial charge is 0.236 e. The Morgan fingerprint density at radius 2 is 2.70 bits per heavy atom. The first-order valence-electron chi connectivity index (χ1n) is 2.51. The van der Waals surface area contributed by atoms with Crippen LogP contribution in [0.4, 0.5) is 0 Å². The minimum Gasteiger partial charge on any atom is -0.379 e. The molecule has 54 valence electrons. The van der Waals surface area contributed by atoms with Gasteiger partial charge in [-0.1, -0.05) is 16.9 Å².